The van der Waals surface area contributed by atoms with Crippen molar-refractivity contribution in [2.45, 2.75) is 46.0 Å². The highest BCUT2D eigenvalue weighted by molar-refractivity contribution is 6.10. The fraction of sp³-hybridized carbons (Fsp3) is 0.320. The second kappa shape index (κ2) is 7.24. The molecule has 0 fully saturated rings. The Morgan fingerprint density at radius 2 is 1.70 bits per heavy atom. The third-order valence-corrected chi connectivity index (χ3v) is 6.03. The van der Waals surface area contributed by atoms with Gasteiger partial charge in [-0.05, 0) is 36.5 Å². The largest absolute Gasteiger partial charge is 0.366 e. The number of nitrogens with two attached hydrogens (primary N) is 1. The molecule has 4 rings (SSSR count). The monoisotopic (exact) mass is 402 g/mol. The summed E-state index contributed by atoms with van der Waals surface area (Å²) in [5.74, 6) is -0.921. The molecule has 1 atom stereocenters. The zero-order chi connectivity index (χ0) is 21.6. The molecule has 0 aromatic heterocycles. The molecule has 0 saturated heterocycles. The number of hydrogen-bond donors (Lipinski definition) is 1. The van der Waals surface area contributed by atoms with Gasteiger partial charge < -0.3 is 5.73 Å². The van der Waals surface area contributed by atoms with Crippen LogP contribution in [-0.2, 0) is 9.59 Å². The standard InChI is InChI=1S/C25H26N2O3/c1-15-8-10-16(11-9-15)18-12-22(29)27(19-7-5-4-6-17(19)24(26)30)20-13-25(2,3)14-21(28)23(18)20/h4-11,18H,12-14H2,1-3H3,(H2,26,30). The van der Waals surface area contributed by atoms with E-state index in [0.29, 0.717) is 29.8 Å². The number of amides is 2. The van der Waals surface area contributed by atoms with Crippen LogP contribution in [0.15, 0.2) is 59.8 Å². The molecule has 0 spiro atoms. The summed E-state index contributed by atoms with van der Waals surface area (Å²) in [6, 6.07) is 14.8. The lowest BCUT2D eigenvalue weighted by molar-refractivity contribution is -0.121. The van der Waals surface area contributed by atoms with Crippen LogP contribution >= 0.6 is 0 Å². The van der Waals surface area contributed by atoms with Crippen molar-refractivity contribution in [3.63, 3.8) is 0 Å². The molecule has 30 heavy (non-hydrogen) atoms. The summed E-state index contributed by atoms with van der Waals surface area (Å²) >= 11 is 0. The number of benzene rings is 2. The van der Waals surface area contributed by atoms with Gasteiger partial charge in [0.2, 0.25) is 5.91 Å². The van der Waals surface area contributed by atoms with Crippen molar-refractivity contribution in [3.05, 3.63) is 76.5 Å². The normalized spacial score (nSPS) is 20.9. The molecule has 1 aliphatic heterocycles. The van der Waals surface area contributed by atoms with Crippen LogP contribution < -0.4 is 10.6 Å². The second-order valence-electron chi connectivity index (χ2n) is 9.08. The van der Waals surface area contributed by atoms with Gasteiger partial charge in [-0.3, -0.25) is 19.3 Å². The minimum atomic E-state index is -0.595. The molecule has 2 amide bonds. The van der Waals surface area contributed by atoms with Crippen LogP contribution in [0, 0.1) is 12.3 Å². The number of allylic oxidation sites excluding steroid dienone is 2. The first-order valence-electron chi connectivity index (χ1n) is 10.2. The van der Waals surface area contributed by atoms with Gasteiger partial charge in [0.25, 0.3) is 5.91 Å². The Morgan fingerprint density at radius 3 is 2.37 bits per heavy atom. The number of hydrogen-bond acceptors (Lipinski definition) is 3. The van der Waals surface area contributed by atoms with E-state index < -0.39 is 5.91 Å². The zero-order valence-electron chi connectivity index (χ0n) is 17.6. The van der Waals surface area contributed by atoms with Crippen LogP contribution in [0.25, 0.3) is 0 Å². The quantitative estimate of drug-likeness (QED) is 0.833. The van der Waals surface area contributed by atoms with Crippen LogP contribution in [0.1, 0.15) is 60.5 Å². The van der Waals surface area contributed by atoms with Crippen LogP contribution in [-0.4, -0.2) is 17.6 Å². The average Bonchev–Trinajstić information content (AvgIpc) is 2.67. The van der Waals surface area contributed by atoms with Gasteiger partial charge in [0.15, 0.2) is 5.78 Å². The number of primary amides is 1. The molecule has 5 heteroatoms. The summed E-state index contributed by atoms with van der Waals surface area (Å²) in [5, 5.41) is 0. The van der Waals surface area contributed by atoms with E-state index >= 15 is 0 Å². The summed E-state index contributed by atoms with van der Waals surface area (Å²) < 4.78 is 0. The van der Waals surface area contributed by atoms with Gasteiger partial charge in [0.05, 0.1) is 11.3 Å². The number of rotatable bonds is 3. The number of carbonyl (C=O) groups excluding carboxylic acids is 3. The van der Waals surface area contributed by atoms with E-state index in [1.54, 1.807) is 29.2 Å². The smallest absolute Gasteiger partial charge is 0.250 e. The topological polar surface area (TPSA) is 80.5 Å². The van der Waals surface area contributed by atoms with Crippen LogP contribution in [0.3, 0.4) is 0 Å². The molecule has 0 bridgehead atoms. The predicted molar refractivity (Wildman–Crippen MR) is 116 cm³/mol. The summed E-state index contributed by atoms with van der Waals surface area (Å²) in [5.41, 5.74) is 9.54. The van der Waals surface area contributed by atoms with Gasteiger partial charge >= 0.3 is 0 Å². The third kappa shape index (κ3) is 3.45. The van der Waals surface area contributed by atoms with Gasteiger partial charge in [-0.25, -0.2) is 0 Å². The van der Waals surface area contributed by atoms with E-state index in [9.17, 15) is 14.4 Å². The van der Waals surface area contributed by atoms with Gasteiger partial charge in [0, 0.05) is 30.0 Å². The molecule has 2 aromatic carbocycles. The number of para-hydroxylation sites is 1. The molecule has 2 aliphatic rings. The maximum Gasteiger partial charge on any atom is 0.250 e. The minimum Gasteiger partial charge on any atom is -0.366 e. The molecule has 2 aromatic rings. The Hall–Kier alpha value is -3.21. The van der Waals surface area contributed by atoms with Crippen molar-refractivity contribution >= 4 is 23.3 Å². The minimum absolute atomic E-state index is 0.0703. The second-order valence-corrected chi connectivity index (χ2v) is 9.08. The van der Waals surface area contributed by atoms with E-state index in [4.69, 9.17) is 5.73 Å². The first kappa shape index (κ1) is 20.1. The van der Waals surface area contributed by atoms with E-state index in [1.807, 2.05) is 45.0 Å². The van der Waals surface area contributed by atoms with E-state index in [2.05, 4.69) is 0 Å². The van der Waals surface area contributed by atoms with Gasteiger partial charge in [-0.15, -0.1) is 0 Å². The van der Waals surface area contributed by atoms with Crippen LogP contribution in [0.4, 0.5) is 5.69 Å². The maximum absolute atomic E-state index is 13.4. The first-order chi connectivity index (χ1) is 14.2. The van der Waals surface area contributed by atoms with Crippen molar-refractivity contribution in [2.24, 2.45) is 11.1 Å². The number of aryl methyl sites for hydroxylation is 1. The Morgan fingerprint density at radius 1 is 1.03 bits per heavy atom. The number of Topliss-reactive ketones (excluding diaryl/α,β-unsaturated/α-hetero) is 1. The summed E-state index contributed by atoms with van der Waals surface area (Å²) in [4.78, 5) is 40.3. The van der Waals surface area contributed by atoms with E-state index in [1.165, 1.54) is 0 Å². The molecule has 2 N–H and O–H groups in total. The molecule has 0 radical (unpaired) electrons. The van der Waals surface area contributed by atoms with Crippen molar-refractivity contribution in [3.8, 4) is 0 Å². The van der Waals surface area contributed by atoms with Crippen LogP contribution in [0.5, 0.6) is 0 Å². The fourth-order valence-corrected chi connectivity index (χ4v) is 4.66. The molecule has 0 saturated carbocycles. The maximum atomic E-state index is 13.4. The average molecular weight is 402 g/mol. The Balaban J connectivity index is 1.93. The number of carbonyl (C=O) groups is 3. The highest BCUT2D eigenvalue weighted by atomic mass is 16.2. The molecule has 1 unspecified atom stereocenters. The van der Waals surface area contributed by atoms with Crippen LogP contribution in [0.2, 0.25) is 0 Å². The lowest BCUT2D eigenvalue weighted by atomic mass is 9.69. The molecular weight excluding hydrogens is 376 g/mol. The molecule has 5 nitrogen and oxygen atoms in total. The summed E-state index contributed by atoms with van der Waals surface area (Å²) in [6.45, 7) is 6.08. The summed E-state index contributed by atoms with van der Waals surface area (Å²) in [7, 11) is 0. The number of ketones is 1. The van der Waals surface area contributed by atoms with Gasteiger partial charge in [0.1, 0.15) is 0 Å². The SMILES string of the molecule is Cc1ccc(C2CC(=O)N(c3ccccc3C(N)=O)C3=C2C(=O)CC(C)(C)C3)cc1. The Kier molecular flexibility index (Phi) is 4.85. The van der Waals surface area contributed by atoms with Crippen molar-refractivity contribution in [1.82, 2.24) is 0 Å². The highest BCUT2D eigenvalue weighted by Gasteiger charge is 2.44. The zero-order valence-corrected chi connectivity index (χ0v) is 17.6. The molecule has 154 valence electrons. The van der Waals surface area contributed by atoms with Crippen molar-refractivity contribution < 1.29 is 14.4 Å². The Labute approximate surface area is 176 Å². The number of nitrogens with zero attached hydrogens (tertiary/aromatic N) is 1. The fourth-order valence-electron chi connectivity index (χ4n) is 4.66. The lowest BCUT2D eigenvalue weighted by Crippen LogP contribution is -2.44. The lowest BCUT2D eigenvalue weighted by Gasteiger charge is -2.43. The molecular formula is C25H26N2O3. The predicted octanol–water partition coefficient (Wildman–Crippen LogP) is 4.26. The molecule has 1 heterocycles. The molecule has 1 aliphatic carbocycles. The number of anilines is 1. The van der Waals surface area contributed by atoms with Gasteiger partial charge in [-0.2, -0.15) is 0 Å². The Bertz CT molecular complexity index is 1080. The van der Waals surface area contributed by atoms with Gasteiger partial charge in [-0.1, -0.05) is 55.8 Å². The van der Waals surface area contributed by atoms with E-state index in [0.717, 1.165) is 11.1 Å². The third-order valence-electron chi connectivity index (χ3n) is 6.03. The van der Waals surface area contributed by atoms with Crippen molar-refractivity contribution in [2.75, 3.05) is 4.90 Å². The highest BCUT2D eigenvalue weighted by Crippen LogP contribution is 2.48. The van der Waals surface area contributed by atoms with E-state index in [-0.39, 0.29) is 35.0 Å². The summed E-state index contributed by atoms with van der Waals surface area (Å²) in [6.07, 6.45) is 1.20. The first-order valence-corrected chi connectivity index (χ1v) is 10.2. The van der Waals surface area contributed by atoms with Crippen molar-refractivity contribution in [1.29, 1.82) is 0 Å².